The molecule has 0 aliphatic heterocycles. The van der Waals surface area contributed by atoms with Gasteiger partial charge < -0.3 is 10.1 Å². The summed E-state index contributed by atoms with van der Waals surface area (Å²) in [5.41, 5.74) is 0. The van der Waals surface area contributed by atoms with Crippen LogP contribution in [0.1, 0.15) is 0 Å². The highest BCUT2D eigenvalue weighted by atomic mass is 79.9. The summed E-state index contributed by atoms with van der Waals surface area (Å²) in [7, 11) is 0. The molecule has 19 heavy (non-hydrogen) atoms. The molecule has 1 aromatic carbocycles. The topological polar surface area (TPSA) is 51.2 Å². The first-order valence-electron chi connectivity index (χ1n) is 5.44. The molecule has 0 aliphatic rings. The molecular formula is C13H10BrClN2O2. The van der Waals surface area contributed by atoms with E-state index in [0.29, 0.717) is 21.1 Å². The highest BCUT2D eigenvalue weighted by Crippen LogP contribution is 2.19. The molecule has 4 nitrogen and oxygen atoms in total. The van der Waals surface area contributed by atoms with E-state index in [-0.39, 0.29) is 12.5 Å². The summed E-state index contributed by atoms with van der Waals surface area (Å²) in [6.45, 7) is -0.108. The van der Waals surface area contributed by atoms with Crippen LogP contribution in [0.4, 0.5) is 5.82 Å². The number of halogens is 2. The summed E-state index contributed by atoms with van der Waals surface area (Å²) >= 11 is 9.11. The zero-order valence-electron chi connectivity index (χ0n) is 9.77. The van der Waals surface area contributed by atoms with Gasteiger partial charge in [0.25, 0.3) is 5.91 Å². The van der Waals surface area contributed by atoms with Gasteiger partial charge >= 0.3 is 0 Å². The fraction of sp³-hybridized carbons (Fsp3) is 0.0769. The average Bonchev–Trinajstić information content (AvgIpc) is 2.39. The Kier molecular flexibility index (Phi) is 4.76. The number of nitrogens with zero attached hydrogens (tertiary/aromatic N) is 1. The fourth-order valence-corrected chi connectivity index (χ4v) is 1.89. The molecule has 0 atom stereocenters. The van der Waals surface area contributed by atoms with Crippen LogP contribution in [-0.4, -0.2) is 17.5 Å². The minimum absolute atomic E-state index is 0.108. The van der Waals surface area contributed by atoms with Gasteiger partial charge in [0.2, 0.25) is 0 Å². The molecule has 1 heterocycles. The standard InChI is InChI=1S/C13H10BrClN2O2/c14-11-5-2-6-16-13(11)17-12(18)8-19-10-4-1-3-9(15)7-10/h1-7H,8H2,(H,16,17,18). The molecule has 0 fully saturated rings. The van der Waals surface area contributed by atoms with E-state index in [0.717, 1.165) is 0 Å². The van der Waals surface area contributed by atoms with Crippen LogP contribution in [0.5, 0.6) is 5.75 Å². The van der Waals surface area contributed by atoms with Gasteiger partial charge in [-0.05, 0) is 46.3 Å². The highest BCUT2D eigenvalue weighted by Gasteiger charge is 2.07. The van der Waals surface area contributed by atoms with Crippen LogP contribution in [0.15, 0.2) is 47.1 Å². The van der Waals surface area contributed by atoms with E-state index >= 15 is 0 Å². The number of anilines is 1. The Balaban J connectivity index is 1.90. The largest absolute Gasteiger partial charge is 0.484 e. The van der Waals surface area contributed by atoms with Gasteiger partial charge in [-0.3, -0.25) is 4.79 Å². The van der Waals surface area contributed by atoms with Crippen LogP contribution in [0, 0.1) is 0 Å². The first-order valence-corrected chi connectivity index (χ1v) is 6.61. The Morgan fingerprint density at radius 1 is 1.37 bits per heavy atom. The predicted octanol–water partition coefficient (Wildman–Crippen LogP) is 3.52. The molecule has 2 rings (SSSR count). The predicted molar refractivity (Wildman–Crippen MR) is 77.5 cm³/mol. The number of ether oxygens (including phenoxy) is 1. The van der Waals surface area contributed by atoms with Crippen LogP contribution >= 0.6 is 27.5 Å². The van der Waals surface area contributed by atoms with Crippen molar-refractivity contribution in [2.24, 2.45) is 0 Å². The first-order chi connectivity index (χ1) is 9.15. The summed E-state index contributed by atoms with van der Waals surface area (Å²) in [5, 5.41) is 3.20. The Morgan fingerprint density at radius 2 is 2.21 bits per heavy atom. The number of hydrogen-bond donors (Lipinski definition) is 1. The molecule has 0 saturated carbocycles. The molecule has 1 N–H and O–H groups in total. The molecular weight excluding hydrogens is 332 g/mol. The zero-order valence-corrected chi connectivity index (χ0v) is 12.1. The lowest BCUT2D eigenvalue weighted by Crippen LogP contribution is -2.21. The third-order valence-corrected chi connectivity index (χ3v) is 3.06. The van der Waals surface area contributed by atoms with Gasteiger partial charge in [-0.1, -0.05) is 17.7 Å². The van der Waals surface area contributed by atoms with Crippen molar-refractivity contribution in [3.05, 3.63) is 52.1 Å². The molecule has 0 saturated heterocycles. The lowest BCUT2D eigenvalue weighted by atomic mass is 10.3. The second kappa shape index (κ2) is 6.54. The number of benzene rings is 1. The number of amides is 1. The van der Waals surface area contributed by atoms with Gasteiger partial charge in [-0.15, -0.1) is 0 Å². The maximum atomic E-state index is 11.7. The molecule has 0 aliphatic carbocycles. The summed E-state index contributed by atoms with van der Waals surface area (Å²) < 4.78 is 6.04. The van der Waals surface area contributed by atoms with Gasteiger partial charge in [-0.25, -0.2) is 4.98 Å². The van der Waals surface area contributed by atoms with Gasteiger partial charge in [0, 0.05) is 11.2 Å². The van der Waals surface area contributed by atoms with Gasteiger partial charge in [0.1, 0.15) is 11.6 Å². The number of carbonyl (C=O) groups excluding carboxylic acids is 1. The Hall–Kier alpha value is -1.59. The lowest BCUT2D eigenvalue weighted by molar-refractivity contribution is -0.118. The van der Waals surface area contributed by atoms with Gasteiger partial charge in [-0.2, -0.15) is 0 Å². The van der Waals surface area contributed by atoms with E-state index in [1.54, 1.807) is 42.6 Å². The molecule has 0 bridgehead atoms. The lowest BCUT2D eigenvalue weighted by Gasteiger charge is -2.08. The third-order valence-electron chi connectivity index (χ3n) is 2.18. The second-order valence-electron chi connectivity index (χ2n) is 3.63. The normalized spacial score (nSPS) is 10.0. The second-order valence-corrected chi connectivity index (χ2v) is 4.92. The van der Waals surface area contributed by atoms with Crippen LogP contribution in [0.2, 0.25) is 5.02 Å². The molecule has 0 radical (unpaired) electrons. The van der Waals surface area contributed by atoms with Gasteiger partial charge in [0.15, 0.2) is 6.61 Å². The van der Waals surface area contributed by atoms with Crippen molar-refractivity contribution in [2.45, 2.75) is 0 Å². The van der Waals surface area contributed by atoms with Crippen molar-refractivity contribution >= 4 is 39.3 Å². The minimum Gasteiger partial charge on any atom is -0.484 e. The number of pyridine rings is 1. The molecule has 1 aromatic heterocycles. The summed E-state index contributed by atoms with van der Waals surface area (Å²) in [6, 6.07) is 10.4. The van der Waals surface area contributed by atoms with Crippen molar-refractivity contribution in [3.63, 3.8) is 0 Å². The van der Waals surface area contributed by atoms with Crippen molar-refractivity contribution in [1.82, 2.24) is 4.98 Å². The number of aromatic nitrogens is 1. The van der Waals surface area contributed by atoms with Crippen LogP contribution < -0.4 is 10.1 Å². The molecule has 98 valence electrons. The van der Waals surface area contributed by atoms with Crippen molar-refractivity contribution < 1.29 is 9.53 Å². The van der Waals surface area contributed by atoms with E-state index in [1.165, 1.54) is 0 Å². The Labute approximate surface area is 123 Å². The molecule has 1 amide bonds. The quantitative estimate of drug-likeness (QED) is 0.926. The van der Waals surface area contributed by atoms with Crippen LogP contribution in [0.25, 0.3) is 0 Å². The third kappa shape index (κ3) is 4.22. The van der Waals surface area contributed by atoms with Gasteiger partial charge in [0.05, 0.1) is 4.47 Å². The first kappa shape index (κ1) is 13.8. The van der Waals surface area contributed by atoms with E-state index in [9.17, 15) is 4.79 Å². The number of rotatable bonds is 4. The smallest absolute Gasteiger partial charge is 0.263 e. The van der Waals surface area contributed by atoms with E-state index < -0.39 is 0 Å². The maximum Gasteiger partial charge on any atom is 0.263 e. The molecule has 6 heteroatoms. The number of hydrogen-bond acceptors (Lipinski definition) is 3. The SMILES string of the molecule is O=C(COc1cccc(Cl)c1)Nc1ncccc1Br. The summed E-state index contributed by atoms with van der Waals surface area (Å²) in [5.74, 6) is 0.712. The van der Waals surface area contributed by atoms with E-state index in [4.69, 9.17) is 16.3 Å². The van der Waals surface area contributed by atoms with Crippen molar-refractivity contribution in [3.8, 4) is 5.75 Å². The van der Waals surface area contributed by atoms with E-state index in [2.05, 4.69) is 26.2 Å². The molecule has 2 aromatic rings. The average molecular weight is 342 g/mol. The van der Waals surface area contributed by atoms with Crippen molar-refractivity contribution in [2.75, 3.05) is 11.9 Å². The number of carbonyl (C=O) groups is 1. The minimum atomic E-state index is -0.292. The van der Waals surface area contributed by atoms with Crippen LogP contribution in [0.3, 0.4) is 0 Å². The fourth-order valence-electron chi connectivity index (χ4n) is 1.35. The summed E-state index contributed by atoms with van der Waals surface area (Å²) in [6.07, 6.45) is 1.60. The highest BCUT2D eigenvalue weighted by molar-refractivity contribution is 9.10. The number of nitrogens with one attached hydrogen (secondary N) is 1. The van der Waals surface area contributed by atoms with Crippen LogP contribution in [-0.2, 0) is 4.79 Å². The maximum absolute atomic E-state index is 11.7. The Bertz CT molecular complexity index is 592. The van der Waals surface area contributed by atoms with Crippen molar-refractivity contribution in [1.29, 1.82) is 0 Å². The Morgan fingerprint density at radius 3 is 2.95 bits per heavy atom. The molecule has 0 unspecified atom stereocenters. The van der Waals surface area contributed by atoms with E-state index in [1.807, 2.05) is 0 Å². The molecule has 0 spiro atoms. The zero-order chi connectivity index (χ0) is 13.7. The monoisotopic (exact) mass is 340 g/mol. The summed E-state index contributed by atoms with van der Waals surface area (Å²) in [4.78, 5) is 15.7.